The van der Waals surface area contributed by atoms with Gasteiger partial charge in [0.25, 0.3) is 5.56 Å². The zero-order valence-electron chi connectivity index (χ0n) is 16.5. The smallest absolute Gasteiger partial charge is 0.282 e. The number of nitrogens with zero attached hydrogens (tertiary/aromatic N) is 3. The Kier molecular flexibility index (Phi) is 5.06. The standard InChI is InChI=1S/C24H14Cl2N4O2/c25-15-6-8-17(20(26)10-15)22-19(12-27)23-28-21-9-7-16(11-18(21)24(31)30(23)29-22)32-13-14-4-2-1-3-5-14/h1-11,28H,13H2. The minimum absolute atomic E-state index is 0.220. The molecule has 0 amide bonds. The molecule has 0 atom stereocenters. The van der Waals surface area contributed by atoms with Crippen molar-refractivity contribution in [1.82, 2.24) is 14.6 Å². The second-order valence-electron chi connectivity index (χ2n) is 7.13. The van der Waals surface area contributed by atoms with Gasteiger partial charge in [-0.2, -0.15) is 14.9 Å². The Morgan fingerprint density at radius 1 is 1.06 bits per heavy atom. The monoisotopic (exact) mass is 460 g/mol. The van der Waals surface area contributed by atoms with E-state index < -0.39 is 0 Å². The molecule has 156 valence electrons. The predicted molar refractivity (Wildman–Crippen MR) is 124 cm³/mol. The third-order valence-electron chi connectivity index (χ3n) is 5.10. The zero-order chi connectivity index (χ0) is 22.2. The molecule has 2 heterocycles. The van der Waals surface area contributed by atoms with E-state index in [-0.39, 0.29) is 11.1 Å². The van der Waals surface area contributed by atoms with Crippen LogP contribution in [0.25, 0.3) is 27.8 Å². The topological polar surface area (TPSA) is 83.2 Å². The number of aromatic nitrogens is 3. The fraction of sp³-hybridized carbons (Fsp3) is 0.0417. The number of hydrogen-bond acceptors (Lipinski definition) is 4. The molecule has 0 saturated carbocycles. The third kappa shape index (κ3) is 3.48. The summed E-state index contributed by atoms with van der Waals surface area (Å²) in [6, 6.07) is 22.0. The van der Waals surface area contributed by atoms with E-state index in [0.29, 0.717) is 50.2 Å². The van der Waals surface area contributed by atoms with Crippen molar-refractivity contribution >= 4 is 39.8 Å². The van der Waals surface area contributed by atoms with Gasteiger partial charge in [-0.25, -0.2) is 0 Å². The highest BCUT2D eigenvalue weighted by Gasteiger charge is 2.20. The molecule has 0 saturated heterocycles. The Labute approximate surface area is 192 Å². The van der Waals surface area contributed by atoms with Crippen LogP contribution in [0.3, 0.4) is 0 Å². The van der Waals surface area contributed by atoms with Crippen LogP contribution >= 0.6 is 23.2 Å². The van der Waals surface area contributed by atoms with Crippen LogP contribution in [-0.4, -0.2) is 14.6 Å². The quantitative estimate of drug-likeness (QED) is 0.378. The fourth-order valence-corrected chi connectivity index (χ4v) is 4.04. The number of rotatable bonds is 4. The first-order chi connectivity index (χ1) is 15.5. The molecule has 5 rings (SSSR count). The number of ether oxygens (including phenoxy) is 1. The lowest BCUT2D eigenvalue weighted by Gasteiger charge is -2.07. The van der Waals surface area contributed by atoms with Crippen molar-refractivity contribution in [3.63, 3.8) is 0 Å². The van der Waals surface area contributed by atoms with Crippen LogP contribution in [0.5, 0.6) is 5.75 Å². The van der Waals surface area contributed by atoms with Crippen molar-refractivity contribution in [1.29, 1.82) is 5.26 Å². The molecule has 0 bridgehead atoms. The number of benzene rings is 3. The van der Waals surface area contributed by atoms with Gasteiger partial charge in [0.1, 0.15) is 29.7 Å². The maximum Gasteiger partial charge on any atom is 0.282 e. The molecular weight excluding hydrogens is 447 g/mol. The summed E-state index contributed by atoms with van der Waals surface area (Å²) in [5, 5.41) is 15.4. The summed E-state index contributed by atoms with van der Waals surface area (Å²) < 4.78 is 7.03. The van der Waals surface area contributed by atoms with Crippen LogP contribution in [0.2, 0.25) is 10.0 Å². The molecule has 1 N–H and O–H groups in total. The van der Waals surface area contributed by atoms with Crippen LogP contribution in [0, 0.1) is 11.3 Å². The first kappa shape index (κ1) is 20.1. The van der Waals surface area contributed by atoms with Gasteiger partial charge < -0.3 is 9.72 Å². The summed E-state index contributed by atoms with van der Waals surface area (Å²) in [6.45, 7) is 0.381. The lowest BCUT2D eigenvalue weighted by Crippen LogP contribution is -2.15. The molecule has 2 aromatic heterocycles. The molecule has 8 heteroatoms. The summed E-state index contributed by atoms with van der Waals surface area (Å²) in [6.07, 6.45) is 0. The number of hydrogen-bond donors (Lipinski definition) is 1. The molecule has 0 aliphatic rings. The van der Waals surface area contributed by atoms with Crippen LogP contribution in [-0.2, 0) is 6.61 Å². The highest BCUT2D eigenvalue weighted by molar-refractivity contribution is 6.36. The Hall–Kier alpha value is -3.79. The maximum absolute atomic E-state index is 13.2. The summed E-state index contributed by atoms with van der Waals surface area (Å²) in [4.78, 5) is 16.4. The van der Waals surface area contributed by atoms with Gasteiger partial charge in [0.05, 0.1) is 15.9 Å². The zero-order valence-corrected chi connectivity index (χ0v) is 18.0. The average Bonchev–Trinajstić information content (AvgIpc) is 3.17. The largest absolute Gasteiger partial charge is 0.489 e. The average molecular weight is 461 g/mol. The third-order valence-corrected chi connectivity index (χ3v) is 5.65. The molecule has 0 radical (unpaired) electrons. The van der Waals surface area contributed by atoms with E-state index in [9.17, 15) is 10.1 Å². The van der Waals surface area contributed by atoms with Gasteiger partial charge >= 0.3 is 0 Å². The molecule has 0 spiro atoms. The molecule has 3 aromatic carbocycles. The molecule has 32 heavy (non-hydrogen) atoms. The van der Waals surface area contributed by atoms with Crippen molar-refractivity contribution in [2.24, 2.45) is 0 Å². The van der Waals surface area contributed by atoms with Crippen molar-refractivity contribution in [3.05, 3.63) is 98.3 Å². The first-order valence-electron chi connectivity index (χ1n) is 9.66. The van der Waals surface area contributed by atoms with Crippen LogP contribution < -0.4 is 10.3 Å². The molecule has 0 fully saturated rings. The molecule has 0 aliphatic carbocycles. The van der Waals surface area contributed by atoms with E-state index in [1.54, 1.807) is 36.4 Å². The predicted octanol–water partition coefficient (Wildman–Crippen LogP) is 5.60. The number of nitrogens with one attached hydrogen (secondary N) is 1. The summed E-state index contributed by atoms with van der Waals surface area (Å²) >= 11 is 12.3. The normalized spacial score (nSPS) is 11.0. The second-order valence-corrected chi connectivity index (χ2v) is 7.98. The van der Waals surface area contributed by atoms with Gasteiger partial charge in [-0.1, -0.05) is 53.5 Å². The van der Waals surface area contributed by atoms with E-state index >= 15 is 0 Å². The van der Waals surface area contributed by atoms with E-state index in [2.05, 4.69) is 16.2 Å². The molecule has 0 unspecified atom stereocenters. The highest BCUT2D eigenvalue weighted by atomic mass is 35.5. The molecular formula is C24H14Cl2N4O2. The summed E-state index contributed by atoms with van der Waals surface area (Å²) in [7, 11) is 0. The number of fused-ring (bicyclic) bond motifs is 2. The van der Waals surface area contributed by atoms with E-state index in [1.165, 1.54) is 4.52 Å². The Bertz CT molecular complexity index is 1580. The SMILES string of the molecule is N#Cc1c(-c2ccc(Cl)cc2Cl)nn2c(=O)c3cc(OCc4ccccc4)ccc3[nH]c12. The van der Waals surface area contributed by atoms with Crippen LogP contribution in [0.1, 0.15) is 11.1 Å². The minimum atomic E-state index is -0.369. The number of H-pyrrole nitrogens is 1. The number of nitriles is 1. The van der Waals surface area contributed by atoms with E-state index in [4.69, 9.17) is 27.9 Å². The number of halogens is 2. The van der Waals surface area contributed by atoms with Gasteiger partial charge in [-0.05, 0) is 42.0 Å². The highest BCUT2D eigenvalue weighted by Crippen LogP contribution is 2.33. The second kappa shape index (κ2) is 8.04. The van der Waals surface area contributed by atoms with Crippen molar-refractivity contribution in [2.75, 3.05) is 0 Å². The van der Waals surface area contributed by atoms with E-state index in [1.807, 2.05) is 30.3 Å². The Balaban J connectivity index is 1.63. The van der Waals surface area contributed by atoms with Crippen molar-refractivity contribution in [3.8, 4) is 23.1 Å². The Morgan fingerprint density at radius 3 is 2.62 bits per heavy atom. The van der Waals surface area contributed by atoms with Gasteiger partial charge in [-0.15, -0.1) is 0 Å². The lowest BCUT2D eigenvalue weighted by molar-refractivity contribution is 0.306. The lowest BCUT2D eigenvalue weighted by atomic mass is 10.1. The summed E-state index contributed by atoms with van der Waals surface area (Å²) in [5.74, 6) is 0.555. The molecule has 0 aliphatic heterocycles. The minimum Gasteiger partial charge on any atom is -0.489 e. The molecule has 5 aromatic rings. The van der Waals surface area contributed by atoms with Crippen LogP contribution in [0.4, 0.5) is 0 Å². The fourth-order valence-electron chi connectivity index (χ4n) is 3.54. The maximum atomic E-state index is 13.2. The Morgan fingerprint density at radius 2 is 1.88 bits per heavy atom. The van der Waals surface area contributed by atoms with Crippen molar-refractivity contribution in [2.45, 2.75) is 6.61 Å². The van der Waals surface area contributed by atoms with Gasteiger partial charge in [-0.3, -0.25) is 4.79 Å². The van der Waals surface area contributed by atoms with Crippen molar-refractivity contribution < 1.29 is 4.74 Å². The van der Waals surface area contributed by atoms with Gasteiger partial charge in [0.2, 0.25) is 0 Å². The van der Waals surface area contributed by atoms with Gasteiger partial charge in [0, 0.05) is 10.6 Å². The summed E-state index contributed by atoms with van der Waals surface area (Å²) in [5.41, 5.74) is 2.55. The molecule has 6 nitrogen and oxygen atoms in total. The number of aromatic amines is 1. The first-order valence-corrected chi connectivity index (χ1v) is 10.4. The van der Waals surface area contributed by atoms with E-state index in [0.717, 1.165) is 5.56 Å². The van der Waals surface area contributed by atoms with Crippen LogP contribution in [0.15, 0.2) is 71.5 Å². The van der Waals surface area contributed by atoms with Gasteiger partial charge in [0.15, 0.2) is 5.65 Å².